The van der Waals surface area contributed by atoms with Crippen LogP contribution in [0, 0.1) is 23.7 Å². The van der Waals surface area contributed by atoms with E-state index >= 15 is 0 Å². The molecule has 6 heteroatoms. The van der Waals surface area contributed by atoms with Crippen LogP contribution in [0.2, 0.25) is 0 Å². The molecule has 1 heterocycles. The summed E-state index contributed by atoms with van der Waals surface area (Å²) in [5.41, 5.74) is 0.788. The molecule has 4 rings (SSSR count). The number of ether oxygens (including phenoxy) is 1. The van der Waals surface area contributed by atoms with Gasteiger partial charge in [-0.3, -0.25) is 9.59 Å². The smallest absolute Gasteiger partial charge is 0.254 e. The van der Waals surface area contributed by atoms with E-state index in [4.69, 9.17) is 4.74 Å². The van der Waals surface area contributed by atoms with E-state index in [1.54, 1.807) is 13.2 Å². The third-order valence-electron chi connectivity index (χ3n) is 4.95. The van der Waals surface area contributed by atoms with Gasteiger partial charge in [0.05, 0.1) is 29.6 Å². The van der Waals surface area contributed by atoms with Gasteiger partial charge in [-0.25, -0.2) is 0 Å². The van der Waals surface area contributed by atoms with E-state index < -0.39 is 0 Å². The lowest BCUT2D eigenvalue weighted by Gasteiger charge is -2.13. The second-order valence-corrected chi connectivity index (χ2v) is 6.98. The minimum Gasteiger partial charge on any atom is -0.496 e. The van der Waals surface area contributed by atoms with Gasteiger partial charge in [0.25, 0.3) is 11.8 Å². The van der Waals surface area contributed by atoms with Crippen molar-refractivity contribution in [1.29, 1.82) is 0 Å². The SMILES string of the molecule is COc1ccc(/C=N\N2C(=O)[C@@H]3[C@H](C2=O)[C@H]2C=C[C@@H]3C2)cc1Br. The molecule has 1 aliphatic heterocycles. The van der Waals surface area contributed by atoms with Crippen LogP contribution in [0.4, 0.5) is 0 Å². The Hall–Kier alpha value is -1.95. The number of hydrogen-bond acceptors (Lipinski definition) is 4. The molecule has 0 radical (unpaired) electrons. The Labute approximate surface area is 142 Å². The molecule has 2 fully saturated rings. The number of carbonyl (C=O) groups excluding carboxylic acids is 2. The molecule has 1 saturated carbocycles. The summed E-state index contributed by atoms with van der Waals surface area (Å²) in [5.74, 6) is 0.372. The van der Waals surface area contributed by atoms with E-state index in [9.17, 15) is 9.59 Å². The maximum Gasteiger partial charge on any atom is 0.254 e. The zero-order valence-corrected chi connectivity index (χ0v) is 14.1. The van der Waals surface area contributed by atoms with Crippen LogP contribution in [0.5, 0.6) is 5.75 Å². The number of hydrogen-bond donors (Lipinski definition) is 0. The van der Waals surface area contributed by atoms with Crippen molar-refractivity contribution < 1.29 is 14.3 Å². The highest BCUT2D eigenvalue weighted by Gasteiger charge is 2.59. The van der Waals surface area contributed by atoms with Crippen molar-refractivity contribution >= 4 is 34.0 Å². The normalized spacial score (nSPS) is 31.5. The third-order valence-corrected chi connectivity index (χ3v) is 5.56. The molecule has 5 nitrogen and oxygen atoms in total. The zero-order chi connectivity index (χ0) is 16.1. The van der Waals surface area contributed by atoms with Crippen molar-refractivity contribution in [2.75, 3.05) is 7.11 Å². The van der Waals surface area contributed by atoms with Gasteiger partial charge in [0, 0.05) is 0 Å². The van der Waals surface area contributed by atoms with Crippen LogP contribution < -0.4 is 4.74 Å². The summed E-state index contributed by atoms with van der Waals surface area (Å²) in [6.07, 6.45) is 6.61. The lowest BCUT2D eigenvalue weighted by Crippen LogP contribution is -2.28. The van der Waals surface area contributed by atoms with Crippen molar-refractivity contribution in [3.63, 3.8) is 0 Å². The Morgan fingerprint density at radius 1 is 1.22 bits per heavy atom. The number of imide groups is 1. The first kappa shape index (κ1) is 14.6. The predicted molar refractivity (Wildman–Crippen MR) is 87.9 cm³/mol. The number of fused-ring (bicyclic) bond motifs is 5. The summed E-state index contributed by atoms with van der Waals surface area (Å²) in [6.45, 7) is 0. The van der Waals surface area contributed by atoms with E-state index in [2.05, 4.69) is 33.2 Å². The van der Waals surface area contributed by atoms with E-state index in [0.717, 1.165) is 21.5 Å². The van der Waals surface area contributed by atoms with Gasteiger partial charge in [-0.2, -0.15) is 10.1 Å². The quantitative estimate of drug-likeness (QED) is 0.464. The molecule has 4 atom stereocenters. The topological polar surface area (TPSA) is 59.0 Å². The highest BCUT2D eigenvalue weighted by Crippen LogP contribution is 2.52. The molecule has 0 aromatic heterocycles. The van der Waals surface area contributed by atoms with Gasteiger partial charge >= 0.3 is 0 Å². The fourth-order valence-electron chi connectivity index (χ4n) is 3.89. The first-order chi connectivity index (χ1) is 11.1. The van der Waals surface area contributed by atoms with E-state index in [0.29, 0.717) is 5.75 Å². The summed E-state index contributed by atoms with van der Waals surface area (Å²) in [5, 5.41) is 5.21. The number of nitrogens with zero attached hydrogens (tertiary/aromatic N) is 2. The molecule has 3 aliphatic rings. The third kappa shape index (κ3) is 2.16. The number of rotatable bonds is 3. The van der Waals surface area contributed by atoms with Crippen molar-refractivity contribution in [2.24, 2.45) is 28.8 Å². The Balaban J connectivity index is 1.57. The maximum atomic E-state index is 12.5. The fraction of sp³-hybridized carbons (Fsp3) is 0.353. The van der Waals surface area contributed by atoms with Gasteiger partial charge in [0.1, 0.15) is 5.75 Å². The first-order valence-corrected chi connectivity index (χ1v) is 8.33. The Kier molecular flexibility index (Phi) is 3.37. The lowest BCUT2D eigenvalue weighted by atomic mass is 9.85. The molecule has 2 aliphatic carbocycles. The Bertz CT molecular complexity index is 728. The predicted octanol–water partition coefficient (Wildman–Crippen LogP) is 2.60. The molecule has 23 heavy (non-hydrogen) atoms. The number of methoxy groups -OCH3 is 1. The molecule has 1 saturated heterocycles. The summed E-state index contributed by atoms with van der Waals surface area (Å²) in [7, 11) is 1.59. The number of hydrazone groups is 1. The molecular formula is C17H15BrN2O3. The van der Waals surface area contributed by atoms with Crippen LogP contribution in [0.3, 0.4) is 0 Å². The van der Waals surface area contributed by atoms with Gasteiger partial charge in [-0.05, 0) is 57.9 Å². The second-order valence-electron chi connectivity index (χ2n) is 6.13. The number of amides is 2. The zero-order valence-electron chi connectivity index (χ0n) is 12.5. The molecular weight excluding hydrogens is 360 g/mol. The van der Waals surface area contributed by atoms with Gasteiger partial charge in [0.2, 0.25) is 0 Å². The highest BCUT2D eigenvalue weighted by molar-refractivity contribution is 9.10. The second kappa shape index (κ2) is 5.30. The monoisotopic (exact) mass is 374 g/mol. The molecule has 1 aromatic rings. The minimum atomic E-state index is -0.211. The lowest BCUT2D eigenvalue weighted by molar-refractivity contribution is -0.140. The summed E-state index contributed by atoms with van der Waals surface area (Å²) < 4.78 is 5.97. The van der Waals surface area contributed by atoms with E-state index in [1.807, 2.05) is 12.1 Å². The molecule has 1 aromatic carbocycles. The van der Waals surface area contributed by atoms with Gasteiger partial charge in [0.15, 0.2) is 0 Å². The summed E-state index contributed by atoms with van der Waals surface area (Å²) >= 11 is 3.41. The average Bonchev–Trinajstić information content (AvgIpc) is 3.21. The van der Waals surface area contributed by atoms with E-state index in [-0.39, 0.29) is 35.5 Å². The number of benzene rings is 1. The van der Waals surface area contributed by atoms with Crippen molar-refractivity contribution in [2.45, 2.75) is 6.42 Å². The molecule has 0 N–H and O–H groups in total. The minimum absolute atomic E-state index is 0.166. The number of halogens is 1. The number of carbonyl (C=O) groups is 2. The fourth-order valence-corrected chi connectivity index (χ4v) is 4.45. The molecule has 2 amide bonds. The van der Waals surface area contributed by atoms with Crippen LogP contribution in [0.1, 0.15) is 12.0 Å². The maximum absolute atomic E-state index is 12.5. The molecule has 0 unspecified atom stereocenters. The van der Waals surface area contributed by atoms with Crippen LogP contribution in [0.25, 0.3) is 0 Å². The molecule has 2 bridgehead atoms. The van der Waals surface area contributed by atoms with Crippen LogP contribution in [0.15, 0.2) is 39.9 Å². The standard InChI is InChI=1S/C17H15BrN2O3/c1-23-13-5-2-9(6-12(13)18)8-19-20-16(21)14-10-3-4-11(7-10)15(14)17(20)22/h2-6,8,10-11,14-15H,7H2,1H3/b19-8-/t10-,11+,14+,15-. The van der Waals surface area contributed by atoms with Crippen molar-refractivity contribution in [1.82, 2.24) is 5.01 Å². The number of allylic oxidation sites excluding steroid dienone is 2. The largest absolute Gasteiger partial charge is 0.496 e. The van der Waals surface area contributed by atoms with E-state index in [1.165, 1.54) is 6.21 Å². The summed E-state index contributed by atoms with van der Waals surface area (Å²) in [6, 6.07) is 5.46. The molecule has 0 spiro atoms. The van der Waals surface area contributed by atoms with Crippen molar-refractivity contribution in [3.8, 4) is 5.75 Å². The molecule has 118 valence electrons. The van der Waals surface area contributed by atoms with Gasteiger partial charge in [-0.1, -0.05) is 12.2 Å². The summed E-state index contributed by atoms with van der Waals surface area (Å²) in [4.78, 5) is 25.0. The Morgan fingerprint density at radius 2 is 1.87 bits per heavy atom. The van der Waals surface area contributed by atoms with Crippen LogP contribution in [-0.2, 0) is 9.59 Å². The Morgan fingerprint density at radius 3 is 2.43 bits per heavy atom. The van der Waals surface area contributed by atoms with Gasteiger partial charge < -0.3 is 4.74 Å². The average molecular weight is 375 g/mol. The van der Waals surface area contributed by atoms with Crippen LogP contribution >= 0.6 is 15.9 Å². The first-order valence-electron chi connectivity index (χ1n) is 7.54. The van der Waals surface area contributed by atoms with Gasteiger partial charge in [-0.15, -0.1) is 0 Å². The van der Waals surface area contributed by atoms with Crippen LogP contribution in [-0.4, -0.2) is 30.1 Å². The highest BCUT2D eigenvalue weighted by atomic mass is 79.9. The van der Waals surface area contributed by atoms with Crippen molar-refractivity contribution in [3.05, 3.63) is 40.4 Å².